The number of imide groups is 1. The quantitative estimate of drug-likeness (QED) is 0.522. The first-order valence-corrected chi connectivity index (χ1v) is 9.19. The van der Waals surface area contributed by atoms with Crippen LogP contribution in [-0.4, -0.2) is 28.2 Å². The smallest absolute Gasteiger partial charge is 0.261 e. The molecule has 28 heavy (non-hydrogen) atoms. The second kappa shape index (κ2) is 7.89. The maximum atomic E-state index is 12.4. The van der Waals surface area contributed by atoms with Crippen LogP contribution in [0.4, 0.5) is 0 Å². The molecule has 0 atom stereocenters. The highest BCUT2D eigenvalue weighted by molar-refractivity contribution is 6.21. The molecule has 1 aliphatic heterocycles. The molecule has 0 radical (unpaired) electrons. The Labute approximate surface area is 163 Å². The van der Waals surface area contributed by atoms with Gasteiger partial charge in [-0.05, 0) is 60.7 Å². The number of hydrogen-bond donors (Lipinski definition) is 0. The first-order valence-electron chi connectivity index (χ1n) is 9.19. The standard InChI is InChI=1S/C24H18N2O2/c27-23-21-11-1-2-12-22(21)24(28)26(23)16-6-9-18-7-5-8-19(17-18)13-14-20-10-3-4-15-25-20/h1-5,7-8,10-12,15,17H,6,9,16H2. The summed E-state index contributed by atoms with van der Waals surface area (Å²) in [6.07, 6.45) is 3.20. The van der Waals surface area contributed by atoms with E-state index < -0.39 is 0 Å². The third-order valence-electron chi connectivity index (χ3n) is 4.65. The van der Waals surface area contributed by atoms with Crippen LogP contribution in [-0.2, 0) is 6.42 Å². The van der Waals surface area contributed by atoms with Crippen molar-refractivity contribution in [3.63, 3.8) is 0 Å². The van der Waals surface area contributed by atoms with Gasteiger partial charge in [-0.1, -0.05) is 36.3 Å². The third-order valence-corrected chi connectivity index (χ3v) is 4.65. The molecule has 0 N–H and O–H groups in total. The third kappa shape index (κ3) is 3.70. The number of hydrogen-bond acceptors (Lipinski definition) is 3. The Hall–Kier alpha value is -3.71. The van der Waals surface area contributed by atoms with Gasteiger partial charge in [0.2, 0.25) is 0 Å². The lowest BCUT2D eigenvalue weighted by Crippen LogP contribution is -2.30. The Kier molecular flexibility index (Phi) is 4.99. The zero-order valence-corrected chi connectivity index (χ0v) is 15.3. The SMILES string of the molecule is O=C1c2ccccc2C(=O)N1CCCc1cccc(C#Cc2ccccn2)c1. The first-order chi connectivity index (χ1) is 13.7. The molecular formula is C24H18N2O2. The second-order valence-electron chi connectivity index (χ2n) is 6.58. The molecule has 2 heterocycles. The van der Waals surface area contributed by atoms with Crippen LogP contribution < -0.4 is 0 Å². The first kappa shape index (κ1) is 17.7. The number of nitrogens with zero attached hydrogens (tertiary/aromatic N) is 2. The van der Waals surface area contributed by atoms with E-state index in [1.165, 1.54) is 4.90 Å². The van der Waals surface area contributed by atoms with Crippen LogP contribution in [0.15, 0.2) is 72.9 Å². The summed E-state index contributed by atoms with van der Waals surface area (Å²) in [6, 6.07) is 20.6. The highest BCUT2D eigenvalue weighted by atomic mass is 16.2. The Morgan fingerprint density at radius 3 is 2.29 bits per heavy atom. The fourth-order valence-corrected chi connectivity index (χ4v) is 3.26. The number of aromatic nitrogens is 1. The van der Waals surface area contributed by atoms with E-state index in [1.54, 1.807) is 30.5 Å². The molecule has 1 aliphatic rings. The summed E-state index contributed by atoms with van der Waals surface area (Å²) in [6.45, 7) is 0.413. The zero-order valence-electron chi connectivity index (χ0n) is 15.3. The van der Waals surface area contributed by atoms with Gasteiger partial charge in [0.15, 0.2) is 0 Å². The van der Waals surface area contributed by atoms with Crippen LogP contribution in [0.2, 0.25) is 0 Å². The molecule has 0 saturated heterocycles. The minimum atomic E-state index is -0.199. The molecule has 4 rings (SSSR count). The van der Waals surface area contributed by atoms with Gasteiger partial charge in [0.1, 0.15) is 5.69 Å². The number of fused-ring (bicyclic) bond motifs is 1. The van der Waals surface area contributed by atoms with E-state index in [1.807, 2.05) is 42.5 Å². The average Bonchev–Trinajstić information content (AvgIpc) is 2.98. The van der Waals surface area contributed by atoms with Gasteiger partial charge in [0.25, 0.3) is 11.8 Å². The summed E-state index contributed by atoms with van der Waals surface area (Å²) in [4.78, 5) is 30.3. The fourth-order valence-electron chi connectivity index (χ4n) is 3.26. The van der Waals surface area contributed by atoms with Gasteiger partial charge in [-0.15, -0.1) is 0 Å². The lowest BCUT2D eigenvalue weighted by atomic mass is 10.1. The van der Waals surface area contributed by atoms with Gasteiger partial charge in [-0.3, -0.25) is 14.5 Å². The van der Waals surface area contributed by atoms with Crippen LogP contribution >= 0.6 is 0 Å². The second-order valence-corrected chi connectivity index (χ2v) is 6.58. The van der Waals surface area contributed by atoms with Crippen LogP contribution in [0, 0.1) is 11.8 Å². The van der Waals surface area contributed by atoms with Crippen molar-refractivity contribution in [1.82, 2.24) is 9.88 Å². The summed E-state index contributed by atoms with van der Waals surface area (Å²) >= 11 is 0. The van der Waals surface area contributed by atoms with E-state index >= 15 is 0 Å². The molecule has 4 heteroatoms. The number of aryl methyl sites for hydroxylation is 1. The van der Waals surface area contributed by atoms with Crippen molar-refractivity contribution in [3.05, 3.63) is 101 Å². The van der Waals surface area contributed by atoms with Gasteiger partial charge >= 0.3 is 0 Å². The van der Waals surface area contributed by atoms with Crippen molar-refractivity contribution < 1.29 is 9.59 Å². The molecule has 0 fully saturated rings. The van der Waals surface area contributed by atoms with Crippen LogP contribution in [0.3, 0.4) is 0 Å². The number of benzene rings is 2. The molecule has 0 spiro atoms. The van der Waals surface area contributed by atoms with Crippen molar-refractivity contribution in [2.75, 3.05) is 6.54 Å². The molecular weight excluding hydrogens is 348 g/mol. The number of carbonyl (C=O) groups excluding carboxylic acids is 2. The summed E-state index contributed by atoms with van der Waals surface area (Å²) in [5.41, 5.74) is 3.78. The summed E-state index contributed by atoms with van der Waals surface area (Å²) in [5, 5.41) is 0. The minimum Gasteiger partial charge on any atom is -0.274 e. The number of pyridine rings is 1. The van der Waals surface area contributed by atoms with Crippen molar-refractivity contribution >= 4 is 11.8 Å². The largest absolute Gasteiger partial charge is 0.274 e. The molecule has 0 saturated carbocycles. The zero-order chi connectivity index (χ0) is 19.3. The maximum absolute atomic E-state index is 12.4. The van der Waals surface area contributed by atoms with Gasteiger partial charge in [0, 0.05) is 18.3 Å². The van der Waals surface area contributed by atoms with E-state index in [2.05, 4.69) is 16.8 Å². The lowest BCUT2D eigenvalue weighted by Gasteiger charge is -2.13. The van der Waals surface area contributed by atoms with Gasteiger partial charge in [-0.25, -0.2) is 4.98 Å². The van der Waals surface area contributed by atoms with E-state index in [0.717, 1.165) is 23.2 Å². The molecule has 136 valence electrons. The highest BCUT2D eigenvalue weighted by Crippen LogP contribution is 2.22. The highest BCUT2D eigenvalue weighted by Gasteiger charge is 2.34. The normalized spacial score (nSPS) is 12.5. The monoisotopic (exact) mass is 366 g/mol. The molecule has 2 aromatic carbocycles. The van der Waals surface area contributed by atoms with Crippen LogP contribution in [0.5, 0.6) is 0 Å². The lowest BCUT2D eigenvalue weighted by molar-refractivity contribution is 0.0652. The molecule has 1 aromatic heterocycles. The molecule has 0 aliphatic carbocycles. The molecule has 3 aromatic rings. The van der Waals surface area contributed by atoms with Crippen molar-refractivity contribution in [2.45, 2.75) is 12.8 Å². The molecule has 2 amide bonds. The summed E-state index contributed by atoms with van der Waals surface area (Å²) in [7, 11) is 0. The number of amides is 2. The maximum Gasteiger partial charge on any atom is 0.261 e. The Morgan fingerprint density at radius 1 is 0.821 bits per heavy atom. The Bertz CT molecular complexity index is 1060. The van der Waals surface area contributed by atoms with Gasteiger partial charge in [-0.2, -0.15) is 0 Å². The van der Waals surface area contributed by atoms with Gasteiger partial charge < -0.3 is 0 Å². The predicted octanol–water partition coefficient (Wildman–Crippen LogP) is 3.71. The van der Waals surface area contributed by atoms with E-state index in [9.17, 15) is 9.59 Å². The van der Waals surface area contributed by atoms with Crippen molar-refractivity contribution in [3.8, 4) is 11.8 Å². The average molecular weight is 366 g/mol. The Morgan fingerprint density at radius 2 is 1.57 bits per heavy atom. The summed E-state index contributed by atoms with van der Waals surface area (Å²) < 4.78 is 0. The van der Waals surface area contributed by atoms with Crippen LogP contribution in [0.1, 0.15) is 44.0 Å². The topological polar surface area (TPSA) is 50.3 Å². The molecule has 0 unspecified atom stereocenters. The van der Waals surface area contributed by atoms with E-state index in [4.69, 9.17) is 0 Å². The van der Waals surface area contributed by atoms with Gasteiger partial charge in [0.05, 0.1) is 11.1 Å². The Balaban J connectivity index is 1.38. The van der Waals surface area contributed by atoms with E-state index in [0.29, 0.717) is 24.1 Å². The molecule has 0 bridgehead atoms. The van der Waals surface area contributed by atoms with Crippen LogP contribution in [0.25, 0.3) is 0 Å². The minimum absolute atomic E-state index is 0.199. The van der Waals surface area contributed by atoms with Crippen molar-refractivity contribution in [1.29, 1.82) is 0 Å². The van der Waals surface area contributed by atoms with E-state index in [-0.39, 0.29) is 11.8 Å². The number of carbonyl (C=O) groups is 2. The fraction of sp³-hybridized carbons (Fsp3) is 0.125. The number of rotatable bonds is 4. The summed E-state index contributed by atoms with van der Waals surface area (Å²) in [5.74, 6) is 5.78. The van der Waals surface area contributed by atoms with Crippen molar-refractivity contribution in [2.24, 2.45) is 0 Å². The molecule has 4 nitrogen and oxygen atoms in total. The predicted molar refractivity (Wildman–Crippen MR) is 107 cm³/mol.